The number of anilines is 2. The van der Waals surface area contributed by atoms with Crippen molar-refractivity contribution in [3.8, 4) is 0 Å². The summed E-state index contributed by atoms with van der Waals surface area (Å²) in [5.41, 5.74) is 5.75. The number of nitrogens with two attached hydrogens (primary N) is 1. The third kappa shape index (κ3) is 2.81. The summed E-state index contributed by atoms with van der Waals surface area (Å²) < 4.78 is 14.1. The predicted molar refractivity (Wildman–Crippen MR) is 81.3 cm³/mol. The Labute approximate surface area is 124 Å². The smallest absolute Gasteiger partial charge is 0.337 e. The van der Waals surface area contributed by atoms with E-state index in [9.17, 15) is 9.18 Å². The Bertz CT molecular complexity index is 556. The number of benzene rings is 1. The number of aromatic carboxylic acids is 1. The summed E-state index contributed by atoms with van der Waals surface area (Å²) in [6, 6.07) is 2.40. The van der Waals surface area contributed by atoms with Gasteiger partial charge in [0, 0.05) is 24.8 Å². The molecule has 0 amide bonds. The number of halogens is 1. The second kappa shape index (κ2) is 5.52. The van der Waals surface area contributed by atoms with Crippen molar-refractivity contribution in [1.29, 1.82) is 0 Å². The molecule has 0 radical (unpaired) electrons. The topological polar surface area (TPSA) is 69.8 Å². The van der Waals surface area contributed by atoms with E-state index in [1.54, 1.807) is 11.9 Å². The van der Waals surface area contributed by atoms with E-state index in [1.807, 2.05) is 14.1 Å². The highest BCUT2D eigenvalue weighted by Gasteiger charge is 2.40. The number of hydrogen-bond acceptors (Lipinski definition) is 4. The zero-order valence-corrected chi connectivity index (χ0v) is 12.7. The van der Waals surface area contributed by atoms with Gasteiger partial charge < -0.3 is 20.6 Å². The minimum absolute atomic E-state index is 0.0337. The van der Waals surface area contributed by atoms with E-state index in [0.717, 1.165) is 25.3 Å². The highest BCUT2D eigenvalue weighted by Crippen LogP contribution is 2.38. The van der Waals surface area contributed by atoms with Crippen molar-refractivity contribution in [1.82, 2.24) is 4.90 Å². The Hall–Kier alpha value is -1.82. The van der Waals surface area contributed by atoms with Gasteiger partial charge in [-0.3, -0.25) is 0 Å². The zero-order valence-electron chi connectivity index (χ0n) is 12.7. The average Bonchev–Trinajstić information content (AvgIpc) is 2.32. The van der Waals surface area contributed by atoms with Crippen molar-refractivity contribution in [3.63, 3.8) is 0 Å². The maximum Gasteiger partial charge on any atom is 0.337 e. The predicted octanol–water partition coefficient (Wildman–Crippen LogP) is 2.03. The molecule has 0 unspecified atom stereocenters. The van der Waals surface area contributed by atoms with Crippen LogP contribution in [0.1, 0.15) is 29.6 Å². The largest absolute Gasteiger partial charge is 0.478 e. The molecule has 116 valence electrons. The first-order valence-electron chi connectivity index (χ1n) is 6.98. The molecule has 3 N–H and O–H groups in total. The summed E-state index contributed by atoms with van der Waals surface area (Å²) in [6.45, 7) is 0.653. The van der Waals surface area contributed by atoms with Crippen molar-refractivity contribution in [2.45, 2.75) is 24.8 Å². The molecule has 1 saturated carbocycles. The van der Waals surface area contributed by atoms with Crippen molar-refractivity contribution >= 4 is 17.3 Å². The number of rotatable bonds is 5. The molecule has 1 aliphatic rings. The highest BCUT2D eigenvalue weighted by molar-refractivity contribution is 5.95. The van der Waals surface area contributed by atoms with E-state index >= 15 is 0 Å². The molecule has 0 saturated heterocycles. The van der Waals surface area contributed by atoms with Crippen molar-refractivity contribution in [3.05, 3.63) is 23.5 Å². The number of nitrogen functional groups attached to an aromatic ring is 1. The van der Waals surface area contributed by atoms with Crippen molar-refractivity contribution in [2.24, 2.45) is 0 Å². The van der Waals surface area contributed by atoms with E-state index in [-0.39, 0.29) is 22.5 Å². The Morgan fingerprint density at radius 2 is 2.00 bits per heavy atom. The number of nitrogens with zero attached hydrogens (tertiary/aromatic N) is 2. The average molecular weight is 295 g/mol. The van der Waals surface area contributed by atoms with Gasteiger partial charge in [-0.15, -0.1) is 0 Å². The summed E-state index contributed by atoms with van der Waals surface area (Å²) >= 11 is 0. The number of carboxylic acid groups (broad SMARTS) is 1. The van der Waals surface area contributed by atoms with Crippen LogP contribution in [-0.2, 0) is 0 Å². The molecule has 1 aliphatic carbocycles. The molecule has 0 spiro atoms. The summed E-state index contributed by atoms with van der Waals surface area (Å²) in [5.74, 6) is -1.64. The first-order chi connectivity index (χ1) is 9.77. The summed E-state index contributed by atoms with van der Waals surface area (Å²) in [5, 5.41) is 9.11. The van der Waals surface area contributed by atoms with E-state index in [4.69, 9.17) is 10.8 Å². The van der Waals surface area contributed by atoms with Gasteiger partial charge in [0.05, 0.1) is 11.3 Å². The molecule has 0 atom stereocenters. The Morgan fingerprint density at radius 3 is 2.43 bits per heavy atom. The first-order valence-corrected chi connectivity index (χ1v) is 6.98. The fourth-order valence-electron chi connectivity index (χ4n) is 2.91. The quantitative estimate of drug-likeness (QED) is 0.813. The normalized spacial score (nSPS) is 16.6. The first kappa shape index (κ1) is 15.6. The van der Waals surface area contributed by atoms with Gasteiger partial charge in [0.25, 0.3) is 0 Å². The van der Waals surface area contributed by atoms with Gasteiger partial charge in [-0.1, -0.05) is 0 Å². The van der Waals surface area contributed by atoms with Gasteiger partial charge in [-0.25, -0.2) is 9.18 Å². The van der Waals surface area contributed by atoms with E-state index in [2.05, 4.69) is 4.90 Å². The third-order valence-electron chi connectivity index (χ3n) is 4.53. The maximum atomic E-state index is 14.1. The Kier molecular flexibility index (Phi) is 4.09. The van der Waals surface area contributed by atoms with Gasteiger partial charge >= 0.3 is 5.97 Å². The molecule has 1 aromatic rings. The maximum absolute atomic E-state index is 14.1. The van der Waals surface area contributed by atoms with Crippen LogP contribution >= 0.6 is 0 Å². The Morgan fingerprint density at radius 1 is 1.38 bits per heavy atom. The second-order valence-corrected chi connectivity index (χ2v) is 6.02. The van der Waals surface area contributed by atoms with Crippen LogP contribution < -0.4 is 10.6 Å². The fourth-order valence-corrected chi connectivity index (χ4v) is 2.91. The van der Waals surface area contributed by atoms with Gasteiger partial charge in [0.15, 0.2) is 0 Å². The standard InChI is InChI=1S/C15H22FN3O2/c1-18(2)15(5-4-6-15)9-19(3)13-7-10(14(20)21)12(17)8-11(13)16/h7-8H,4-6,9,17H2,1-3H3,(H,20,21). The molecular weight excluding hydrogens is 273 g/mol. The number of carboxylic acids is 1. The van der Waals surface area contributed by atoms with Crippen LogP contribution in [0.5, 0.6) is 0 Å². The van der Waals surface area contributed by atoms with Gasteiger partial charge in [0.1, 0.15) is 5.82 Å². The lowest BCUT2D eigenvalue weighted by molar-refractivity contribution is 0.0681. The minimum Gasteiger partial charge on any atom is -0.478 e. The fraction of sp³-hybridized carbons (Fsp3) is 0.533. The van der Waals surface area contributed by atoms with Crippen molar-refractivity contribution < 1.29 is 14.3 Å². The molecule has 1 aromatic carbocycles. The minimum atomic E-state index is -1.15. The van der Waals surface area contributed by atoms with Gasteiger partial charge in [-0.05, 0) is 45.5 Å². The highest BCUT2D eigenvalue weighted by atomic mass is 19.1. The lowest BCUT2D eigenvalue weighted by Crippen LogP contribution is -2.56. The Balaban J connectivity index is 2.29. The number of hydrogen-bond donors (Lipinski definition) is 2. The summed E-state index contributed by atoms with van der Waals surface area (Å²) in [7, 11) is 5.83. The van der Waals surface area contributed by atoms with Gasteiger partial charge in [-0.2, -0.15) is 0 Å². The third-order valence-corrected chi connectivity index (χ3v) is 4.53. The van der Waals surface area contributed by atoms with Crippen LogP contribution in [0.3, 0.4) is 0 Å². The van der Waals surface area contributed by atoms with Crippen molar-refractivity contribution in [2.75, 3.05) is 38.3 Å². The molecule has 0 bridgehead atoms. The molecule has 1 fully saturated rings. The molecule has 0 aromatic heterocycles. The SMILES string of the molecule is CN(CC1(N(C)C)CCC1)c1cc(C(=O)O)c(N)cc1F. The molecule has 21 heavy (non-hydrogen) atoms. The second-order valence-electron chi connectivity index (χ2n) is 6.02. The molecule has 2 rings (SSSR count). The molecule has 6 heteroatoms. The molecular formula is C15H22FN3O2. The summed E-state index contributed by atoms with van der Waals surface area (Å²) in [4.78, 5) is 15.1. The lowest BCUT2D eigenvalue weighted by Gasteiger charge is -2.49. The monoisotopic (exact) mass is 295 g/mol. The summed E-state index contributed by atoms with van der Waals surface area (Å²) in [6.07, 6.45) is 3.29. The molecule has 5 nitrogen and oxygen atoms in total. The zero-order chi connectivity index (χ0) is 15.8. The van der Waals surface area contributed by atoms with Gasteiger partial charge in [0.2, 0.25) is 0 Å². The molecule has 0 aliphatic heterocycles. The van der Waals surface area contributed by atoms with Crippen LogP contribution in [0, 0.1) is 5.82 Å². The van der Waals surface area contributed by atoms with Crippen LogP contribution in [-0.4, -0.2) is 49.2 Å². The van der Waals surface area contributed by atoms with Crippen LogP contribution in [0.4, 0.5) is 15.8 Å². The van der Waals surface area contributed by atoms with E-state index in [0.29, 0.717) is 6.54 Å². The lowest BCUT2D eigenvalue weighted by atomic mass is 9.75. The number of carbonyl (C=O) groups is 1. The van der Waals surface area contributed by atoms with Crippen LogP contribution in [0.2, 0.25) is 0 Å². The molecule has 0 heterocycles. The van der Waals surface area contributed by atoms with Crippen LogP contribution in [0.15, 0.2) is 12.1 Å². The van der Waals surface area contributed by atoms with E-state index in [1.165, 1.54) is 6.07 Å². The number of likely N-dealkylation sites (N-methyl/N-ethyl adjacent to an activating group) is 2. The van der Waals surface area contributed by atoms with Crippen LogP contribution in [0.25, 0.3) is 0 Å². The van der Waals surface area contributed by atoms with E-state index < -0.39 is 11.8 Å².